The Kier molecular flexibility index (Phi) is 4.03. The maximum Gasteiger partial charge on any atom is 0.142 e. The molecular formula is C11H15NO. The van der Waals surface area contributed by atoms with Gasteiger partial charge in [-0.25, -0.2) is 0 Å². The third-order valence-electron chi connectivity index (χ3n) is 1.51. The van der Waals surface area contributed by atoms with Crippen LogP contribution in [0.5, 0.6) is 0 Å². The molecule has 2 nitrogen and oxygen atoms in total. The molecule has 0 saturated carbocycles. The zero-order valence-electron chi connectivity index (χ0n) is 8.10. The number of hydrogen-bond donors (Lipinski definition) is 0. The van der Waals surface area contributed by atoms with Gasteiger partial charge in [-0.3, -0.25) is 0 Å². The van der Waals surface area contributed by atoms with E-state index in [1.54, 1.807) is 6.21 Å². The highest BCUT2D eigenvalue weighted by Crippen LogP contribution is 2.00. The largest absolute Gasteiger partial charge is 0.391 e. The summed E-state index contributed by atoms with van der Waals surface area (Å²) in [5, 5.41) is 3.84. The Balaban J connectivity index is 2.28. The molecule has 1 aromatic carbocycles. The van der Waals surface area contributed by atoms with Gasteiger partial charge in [0.1, 0.15) is 6.61 Å². The number of oxime groups is 1. The molecule has 2 heteroatoms. The molecule has 1 aromatic rings. The summed E-state index contributed by atoms with van der Waals surface area (Å²) in [7, 11) is 0. The summed E-state index contributed by atoms with van der Waals surface area (Å²) in [4.78, 5) is 5.10. The molecule has 0 aromatic heterocycles. The third kappa shape index (κ3) is 4.31. The van der Waals surface area contributed by atoms with Crippen LogP contribution in [0.15, 0.2) is 35.5 Å². The van der Waals surface area contributed by atoms with Gasteiger partial charge in [-0.05, 0) is 11.5 Å². The molecular weight excluding hydrogens is 162 g/mol. The molecule has 0 heterocycles. The molecule has 0 radical (unpaired) electrons. The zero-order chi connectivity index (χ0) is 9.52. The van der Waals surface area contributed by atoms with Crippen molar-refractivity contribution in [3.05, 3.63) is 35.9 Å². The fraction of sp³-hybridized carbons (Fsp3) is 0.364. The first-order valence-electron chi connectivity index (χ1n) is 4.48. The van der Waals surface area contributed by atoms with E-state index in [1.807, 2.05) is 30.3 Å². The van der Waals surface area contributed by atoms with Gasteiger partial charge in [0.05, 0.1) is 0 Å². The molecule has 1 rings (SSSR count). The summed E-state index contributed by atoms with van der Waals surface area (Å²) in [5.41, 5.74) is 1.14. The monoisotopic (exact) mass is 177 g/mol. The molecule has 0 unspecified atom stereocenters. The first-order chi connectivity index (χ1) is 6.29. The molecule has 0 aliphatic heterocycles. The van der Waals surface area contributed by atoms with Gasteiger partial charge in [0.25, 0.3) is 0 Å². The van der Waals surface area contributed by atoms with Crippen molar-refractivity contribution in [2.45, 2.75) is 20.5 Å². The predicted octanol–water partition coefficient (Wildman–Crippen LogP) is 2.85. The quantitative estimate of drug-likeness (QED) is 0.512. The van der Waals surface area contributed by atoms with E-state index in [9.17, 15) is 0 Å². The van der Waals surface area contributed by atoms with Gasteiger partial charge in [-0.15, -0.1) is 0 Å². The minimum absolute atomic E-state index is 0.441. The van der Waals surface area contributed by atoms with Gasteiger partial charge in [0, 0.05) is 6.21 Å². The lowest BCUT2D eigenvalue weighted by molar-refractivity contribution is 0.131. The van der Waals surface area contributed by atoms with Crippen LogP contribution in [0.1, 0.15) is 19.4 Å². The zero-order valence-corrected chi connectivity index (χ0v) is 8.10. The third-order valence-corrected chi connectivity index (χ3v) is 1.51. The van der Waals surface area contributed by atoms with Gasteiger partial charge in [0.15, 0.2) is 0 Å². The fourth-order valence-electron chi connectivity index (χ4n) is 0.851. The van der Waals surface area contributed by atoms with E-state index in [4.69, 9.17) is 4.84 Å². The SMILES string of the molecule is CC(C)/C=N/OCc1ccccc1. The smallest absolute Gasteiger partial charge is 0.142 e. The minimum atomic E-state index is 0.441. The Bertz CT molecular complexity index is 254. The normalized spacial score (nSPS) is 11.0. The van der Waals surface area contributed by atoms with Crippen LogP contribution in [0, 0.1) is 5.92 Å². The molecule has 0 aliphatic rings. The first-order valence-corrected chi connectivity index (χ1v) is 4.48. The van der Waals surface area contributed by atoms with E-state index in [-0.39, 0.29) is 0 Å². The van der Waals surface area contributed by atoms with Crippen LogP contribution in [-0.4, -0.2) is 6.21 Å². The van der Waals surface area contributed by atoms with E-state index in [0.29, 0.717) is 12.5 Å². The summed E-state index contributed by atoms with van der Waals surface area (Å²) < 4.78 is 0. The summed E-state index contributed by atoms with van der Waals surface area (Å²) >= 11 is 0. The molecule has 0 bridgehead atoms. The van der Waals surface area contributed by atoms with Crippen LogP contribution in [0.2, 0.25) is 0 Å². The number of hydrogen-bond acceptors (Lipinski definition) is 2. The van der Waals surface area contributed by atoms with Gasteiger partial charge < -0.3 is 4.84 Å². The van der Waals surface area contributed by atoms with E-state index in [2.05, 4.69) is 19.0 Å². The van der Waals surface area contributed by atoms with Crippen LogP contribution < -0.4 is 0 Å². The van der Waals surface area contributed by atoms with Crippen molar-refractivity contribution in [1.82, 2.24) is 0 Å². The molecule has 0 N–H and O–H groups in total. The molecule has 13 heavy (non-hydrogen) atoms. The lowest BCUT2D eigenvalue weighted by Gasteiger charge is -1.99. The maximum atomic E-state index is 5.10. The Hall–Kier alpha value is -1.31. The molecule has 0 amide bonds. The van der Waals surface area contributed by atoms with Crippen LogP contribution in [0.3, 0.4) is 0 Å². The first kappa shape index (κ1) is 9.78. The van der Waals surface area contributed by atoms with Crippen molar-refractivity contribution >= 4 is 6.21 Å². The second kappa shape index (κ2) is 5.36. The highest BCUT2D eigenvalue weighted by Gasteiger charge is 1.89. The molecule has 0 atom stereocenters. The molecule has 0 spiro atoms. The summed E-state index contributed by atoms with van der Waals surface area (Å²) in [5.74, 6) is 0.441. The standard InChI is InChI=1S/C11H15NO/c1-10(2)8-12-13-9-11-6-4-3-5-7-11/h3-8,10H,9H2,1-2H3/b12-8+. The highest BCUT2D eigenvalue weighted by molar-refractivity contribution is 5.58. The average molecular weight is 177 g/mol. The minimum Gasteiger partial charge on any atom is -0.391 e. The van der Waals surface area contributed by atoms with E-state index < -0.39 is 0 Å². The lowest BCUT2D eigenvalue weighted by atomic mass is 10.2. The van der Waals surface area contributed by atoms with Crippen molar-refractivity contribution in [3.63, 3.8) is 0 Å². The molecule has 70 valence electrons. The van der Waals surface area contributed by atoms with E-state index in [0.717, 1.165) is 5.56 Å². The highest BCUT2D eigenvalue weighted by atomic mass is 16.6. The second-order valence-corrected chi connectivity index (χ2v) is 3.26. The average Bonchev–Trinajstić information content (AvgIpc) is 2.14. The molecule has 0 saturated heterocycles. The van der Waals surface area contributed by atoms with Crippen LogP contribution in [0.4, 0.5) is 0 Å². The van der Waals surface area contributed by atoms with Crippen molar-refractivity contribution in [2.24, 2.45) is 11.1 Å². The Morgan fingerprint density at radius 2 is 2.00 bits per heavy atom. The van der Waals surface area contributed by atoms with E-state index in [1.165, 1.54) is 0 Å². The van der Waals surface area contributed by atoms with Gasteiger partial charge >= 0.3 is 0 Å². The maximum absolute atomic E-state index is 5.10. The Morgan fingerprint density at radius 1 is 1.31 bits per heavy atom. The van der Waals surface area contributed by atoms with E-state index >= 15 is 0 Å². The van der Waals surface area contributed by atoms with Crippen LogP contribution in [0.25, 0.3) is 0 Å². The summed E-state index contributed by atoms with van der Waals surface area (Å²) in [6.45, 7) is 4.68. The summed E-state index contributed by atoms with van der Waals surface area (Å²) in [6.07, 6.45) is 1.79. The molecule has 0 aliphatic carbocycles. The van der Waals surface area contributed by atoms with Gasteiger partial charge in [-0.2, -0.15) is 0 Å². The summed E-state index contributed by atoms with van der Waals surface area (Å²) in [6, 6.07) is 10.0. The van der Waals surface area contributed by atoms with Crippen LogP contribution >= 0.6 is 0 Å². The second-order valence-electron chi connectivity index (χ2n) is 3.26. The molecule has 0 fully saturated rings. The van der Waals surface area contributed by atoms with Crippen LogP contribution in [-0.2, 0) is 11.4 Å². The Morgan fingerprint density at radius 3 is 2.62 bits per heavy atom. The Labute approximate surface area is 79.2 Å². The van der Waals surface area contributed by atoms with Gasteiger partial charge in [0.2, 0.25) is 0 Å². The predicted molar refractivity (Wildman–Crippen MR) is 54.6 cm³/mol. The van der Waals surface area contributed by atoms with Crippen molar-refractivity contribution in [3.8, 4) is 0 Å². The topological polar surface area (TPSA) is 21.6 Å². The fourth-order valence-corrected chi connectivity index (χ4v) is 0.851. The number of benzene rings is 1. The van der Waals surface area contributed by atoms with Crippen molar-refractivity contribution in [2.75, 3.05) is 0 Å². The number of rotatable bonds is 4. The van der Waals surface area contributed by atoms with Gasteiger partial charge in [-0.1, -0.05) is 49.3 Å². The van der Waals surface area contributed by atoms with Crippen molar-refractivity contribution in [1.29, 1.82) is 0 Å². The van der Waals surface area contributed by atoms with Crippen molar-refractivity contribution < 1.29 is 4.84 Å². The number of nitrogens with zero attached hydrogens (tertiary/aromatic N) is 1. The lowest BCUT2D eigenvalue weighted by Crippen LogP contribution is -1.90.